The van der Waals surface area contributed by atoms with Crippen LogP contribution < -0.4 is 4.72 Å². The van der Waals surface area contributed by atoms with Crippen LogP contribution in [-0.2, 0) is 10.0 Å². The molecule has 0 aliphatic carbocycles. The van der Waals surface area contributed by atoms with Gasteiger partial charge in [-0.3, -0.25) is 0 Å². The van der Waals surface area contributed by atoms with Crippen LogP contribution in [0, 0.1) is 5.82 Å². The molecule has 0 saturated heterocycles. The fourth-order valence-corrected chi connectivity index (χ4v) is 3.09. The van der Waals surface area contributed by atoms with E-state index in [9.17, 15) is 12.8 Å². The first-order valence-corrected chi connectivity index (χ1v) is 7.78. The quantitative estimate of drug-likeness (QED) is 0.938. The molecule has 0 fully saturated rings. The minimum atomic E-state index is -3.64. The second-order valence-corrected chi connectivity index (χ2v) is 6.50. The Morgan fingerprint density at radius 2 is 1.60 bits per heavy atom. The molecule has 1 N–H and O–H groups in total. The number of sulfonamides is 1. The van der Waals surface area contributed by atoms with E-state index in [2.05, 4.69) is 4.72 Å². The summed E-state index contributed by atoms with van der Waals surface area (Å²) in [6.07, 6.45) is 0. The van der Waals surface area contributed by atoms with Gasteiger partial charge in [-0.2, -0.15) is 0 Å². The summed E-state index contributed by atoms with van der Waals surface area (Å²) in [6, 6.07) is 11.1. The monoisotopic (exact) mass is 313 g/mol. The van der Waals surface area contributed by atoms with Crippen molar-refractivity contribution in [2.24, 2.45) is 0 Å². The summed E-state index contributed by atoms with van der Waals surface area (Å²) in [7, 11) is -3.64. The van der Waals surface area contributed by atoms with E-state index in [0.717, 1.165) is 0 Å². The smallest absolute Gasteiger partial charge is 0.207 e. The highest BCUT2D eigenvalue weighted by Crippen LogP contribution is 2.18. The molecule has 6 heteroatoms. The normalized spacial score (nSPS) is 13.2. The number of hydrogen-bond donors (Lipinski definition) is 1. The molecule has 3 nitrogen and oxygen atoms in total. The zero-order valence-electron chi connectivity index (χ0n) is 10.7. The molecule has 106 valence electrons. The first-order chi connectivity index (χ1) is 9.38. The Morgan fingerprint density at radius 3 is 2.15 bits per heavy atom. The number of hydrogen-bond acceptors (Lipinski definition) is 2. The summed E-state index contributed by atoms with van der Waals surface area (Å²) in [4.78, 5) is 0.135. The molecular weight excluding hydrogens is 301 g/mol. The molecule has 0 aromatic heterocycles. The van der Waals surface area contributed by atoms with Crippen molar-refractivity contribution in [3.05, 3.63) is 64.9 Å². The van der Waals surface area contributed by atoms with Crippen LogP contribution in [0.15, 0.2) is 53.4 Å². The SMILES string of the molecule is CC(NS(=O)(=O)c1ccc(Cl)cc1)c1ccc(F)cc1. The molecule has 1 unspecified atom stereocenters. The van der Waals surface area contributed by atoms with E-state index in [1.807, 2.05) is 0 Å². The zero-order chi connectivity index (χ0) is 14.8. The van der Waals surface area contributed by atoms with Gasteiger partial charge < -0.3 is 0 Å². The lowest BCUT2D eigenvalue weighted by atomic mass is 10.1. The summed E-state index contributed by atoms with van der Waals surface area (Å²) in [5.41, 5.74) is 0.684. The van der Waals surface area contributed by atoms with E-state index in [-0.39, 0.29) is 10.7 Å². The van der Waals surface area contributed by atoms with Crippen molar-refractivity contribution in [2.75, 3.05) is 0 Å². The Balaban J connectivity index is 2.19. The lowest BCUT2D eigenvalue weighted by Gasteiger charge is -2.14. The largest absolute Gasteiger partial charge is 0.241 e. The van der Waals surface area contributed by atoms with E-state index in [0.29, 0.717) is 10.6 Å². The number of benzene rings is 2. The summed E-state index contributed by atoms with van der Waals surface area (Å²) in [6.45, 7) is 1.70. The molecule has 0 aliphatic heterocycles. The molecule has 0 bridgehead atoms. The second kappa shape index (κ2) is 5.91. The predicted octanol–water partition coefficient (Wildman–Crippen LogP) is 3.52. The summed E-state index contributed by atoms with van der Waals surface area (Å²) in [5.74, 6) is -0.360. The molecule has 0 heterocycles. The first kappa shape index (κ1) is 15.0. The summed E-state index contributed by atoms with van der Waals surface area (Å²) < 4.78 is 39.7. The van der Waals surface area contributed by atoms with Crippen LogP contribution in [0.2, 0.25) is 5.02 Å². The van der Waals surface area contributed by atoms with Crippen LogP contribution in [0.5, 0.6) is 0 Å². The van der Waals surface area contributed by atoms with E-state index in [1.165, 1.54) is 36.4 Å². The van der Waals surface area contributed by atoms with Crippen LogP contribution >= 0.6 is 11.6 Å². The van der Waals surface area contributed by atoms with Crippen LogP contribution in [0.1, 0.15) is 18.5 Å². The molecule has 1 atom stereocenters. The zero-order valence-corrected chi connectivity index (χ0v) is 12.2. The van der Waals surface area contributed by atoms with Crippen molar-refractivity contribution in [1.82, 2.24) is 4.72 Å². The highest BCUT2D eigenvalue weighted by molar-refractivity contribution is 7.89. The Bertz CT molecular complexity index is 684. The molecule has 2 aromatic rings. The van der Waals surface area contributed by atoms with Gasteiger partial charge in [-0.25, -0.2) is 17.5 Å². The van der Waals surface area contributed by atoms with Gasteiger partial charge in [-0.1, -0.05) is 23.7 Å². The molecule has 0 spiro atoms. The van der Waals surface area contributed by atoms with Crippen molar-refractivity contribution in [3.63, 3.8) is 0 Å². The summed E-state index contributed by atoms with van der Waals surface area (Å²) in [5, 5.41) is 0.468. The third-order valence-electron chi connectivity index (χ3n) is 2.83. The molecule has 2 aromatic carbocycles. The van der Waals surface area contributed by atoms with E-state index >= 15 is 0 Å². The van der Waals surface area contributed by atoms with Gasteiger partial charge in [0.25, 0.3) is 0 Å². The minimum Gasteiger partial charge on any atom is -0.207 e. The van der Waals surface area contributed by atoms with Crippen molar-refractivity contribution < 1.29 is 12.8 Å². The number of rotatable bonds is 4. The molecule has 0 radical (unpaired) electrons. The van der Waals surface area contributed by atoms with Gasteiger partial charge in [0, 0.05) is 11.1 Å². The molecule has 0 saturated carbocycles. The van der Waals surface area contributed by atoms with Crippen LogP contribution in [0.4, 0.5) is 4.39 Å². The number of nitrogens with one attached hydrogen (secondary N) is 1. The van der Waals surface area contributed by atoms with E-state index < -0.39 is 16.1 Å². The van der Waals surface area contributed by atoms with Crippen LogP contribution in [-0.4, -0.2) is 8.42 Å². The van der Waals surface area contributed by atoms with Crippen molar-refractivity contribution >= 4 is 21.6 Å². The third kappa shape index (κ3) is 3.56. The fourth-order valence-electron chi connectivity index (χ4n) is 1.73. The van der Waals surface area contributed by atoms with Crippen molar-refractivity contribution in [2.45, 2.75) is 17.9 Å². The average Bonchev–Trinajstić information content (AvgIpc) is 2.39. The lowest BCUT2D eigenvalue weighted by molar-refractivity contribution is 0.566. The molecule has 0 amide bonds. The topological polar surface area (TPSA) is 46.2 Å². The van der Waals surface area contributed by atoms with Gasteiger partial charge >= 0.3 is 0 Å². The van der Waals surface area contributed by atoms with Crippen LogP contribution in [0.25, 0.3) is 0 Å². The minimum absolute atomic E-state index is 0.135. The Hall–Kier alpha value is -1.43. The van der Waals surface area contributed by atoms with Gasteiger partial charge in [0.15, 0.2) is 0 Å². The maximum absolute atomic E-state index is 12.8. The molecule has 20 heavy (non-hydrogen) atoms. The van der Waals surface area contributed by atoms with E-state index in [1.54, 1.807) is 19.1 Å². The predicted molar refractivity (Wildman–Crippen MR) is 76.6 cm³/mol. The number of halogens is 2. The maximum atomic E-state index is 12.8. The Morgan fingerprint density at radius 1 is 1.05 bits per heavy atom. The lowest BCUT2D eigenvalue weighted by Crippen LogP contribution is -2.26. The molecule has 2 rings (SSSR count). The van der Waals surface area contributed by atoms with E-state index in [4.69, 9.17) is 11.6 Å². The van der Waals surface area contributed by atoms with Gasteiger partial charge in [0.05, 0.1) is 4.90 Å². The average molecular weight is 314 g/mol. The molecular formula is C14H13ClFNO2S. The highest BCUT2D eigenvalue weighted by atomic mass is 35.5. The van der Waals surface area contributed by atoms with Crippen LogP contribution in [0.3, 0.4) is 0 Å². The van der Waals surface area contributed by atoms with Gasteiger partial charge in [-0.05, 0) is 48.9 Å². The van der Waals surface area contributed by atoms with Gasteiger partial charge in [-0.15, -0.1) is 0 Å². The maximum Gasteiger partial charge on any atom is 0.241 e. The Labute approximate surface area is 122 Å². The summed E-state index contributed by atoms with van der Waals surface area (Å²) >= 11 is 5.73. The van der Waals surface area contributed by atoms with Crippen molar-refractivity contribution in [1.29, 1.82) is 0 Å². The van der Waals surface area contributed by atoms with Gasteiger partial charge in [0.2, 0.25) is 10.0 Å². The third-order valence-corrected chi connectivity index (χ3v) is 4.63. The Kier molecular flexibility index (Phi) is 4.42. The molecule has 0 aliphatic rings. The fraction of sp³-hybridized carbons (Fsp3) is 0.143. The second-order valence-electron chi connectivity index (χ2n) is 4.35. The first-order valence-electron chi connectivity index (χ1n) is 5.92. The van der Waals surface area contributed by atoms with Crippen molar-refractivity contribution in [3.8, 4) is 0 Å². The standard InChI is InChI=1S/C14H13ClFNO2S/c1-10(11-2-6-13(16)7-3-11)17-20(18,19)14-8-4-12(15)5-9-14/h2-10,17H,1H3. The van der Waals surface area contributed by atoms with Gasteiger partial charge in [0.1, 0.15) is 5.82 Å². The highest BCUT2D eigenvalue weighted by Gasteiger charge is 2.18.